The molecule has 0 bridgehead atoms. The Morgan fingerprint density at radius 3 is 3.09 bits per heavy atom. The van der Waals surface area contributed by atoms with Crippen LogP contribution in [0.4, 0.5) is 0 Å². The lowest BCUT2D eigenvalue weighted by molar-refractivity contribution is -0.107. The van der Waals surface area contributed by atoms with Crippen molar-refractivity contribution in [3.05, 3.63) is 36.3 Å². The van der Waals surface area contributed by atoms with Crippen molar-refractivity contribution in [1.82, 2.24) is 0 Å². The Labute approximate surface area is 65.5 Å². The van der Waals surface area contributed by atoms with Crippen LogP contribution in [0.2, 0.25) is 0 Å². The molecule has 0 aliphatic carbocycles. The molecule has 0 unspecified atom stereocenters. The summed E-state index contributed by atoms with van der Waals surface area (Å²) < 4.78 is 5.07. The largest absolute Gasteiger partial charge is 0.469 e. The number of carbonyl (C=O) groups excluding carboxylic acids is 1. The van der Waals surface area contributed by atoms with Gasteiger partial charge in [0.15, 0.2) is 0 Å². The minimum atomic E-state index is 0.417. The van der Waals surface area contributed by atoms with E-state index in [1.54, 1.807) is 6.26 Å². The number of allylic oxidation sites excluding steroid dienone is 1. The fourth-order valence-electron chi connectivity index (χ4n) is 0.850. The van der Waals surface area contributed by atoms with Crippen molar-refractivity contribution in [1.29, 1.82) is 0 Å². The van der Waals surface area contributed by atoms with Gasteiger partial charge in [0.1, 0.15) is 12.0 Å². The van der Waals surface area contributed by atoms with Crippen LogP contribution in [0.25, 0.3) is 0 Å². The summed E-state index contributed by atoms with van der Waals surface area (Å²) in [7, 11) is 0. The highest BCUT2D eigenvalue weighted by Gasteiger charge is 1.97. The van der Waals surface area contributed by atoms with Gasteiger partial charge in [-0.15, -0.1) is 0 Å². The van der Waals surface area contributed by atoms with E-state index >= 15 is 0 Å². The van der Waals surface area contributed by atoms with E-state index in [-0.39, 0.29) is 0 Å². The molecule has 0 amide bonds. The van der Waals surface area contributed by atoms with Gasteiger partial charge < -0.3 is 9.21 Å². The lowest BCUT2D eigenvalue weighted by Gasteiger charge is -1.95. The maximum atomic E-state index is 10.1. The summed E-state index contributed by atoms with van der Waals surface area (Å²) in [5.41, 5.74) is 0.884. The summed E-state index contributed by atoms with van der Waals surface area (Å²) in [4.78, 5) is 10.1. The van der Waals surface area contributed by atoms with Gasteiger partial charge in [-0.2, -0.15) is 0 Å². The molecule has 2 heteroatoms. The lowest BCUT2D eigenvalue weighted by atomic mass is 10.1. The Morgan fingerprint density at radius 1 is 1.73 bits per heavy atom. The average Bonchev–Trinajstić information content (AvgIpc) is 2.40. The summed E-state index contributed by atoms with van der Waals surface area (Å²) in [5.74, 6) is 0.858. The van der Waals surface area contributed by atoms with Crippen molar-refractivity contribution >= 4 is 6.29 Å². The highest BCUT2D eigenvalue weighted by Crippen LogP contribution is 2.08. The van der Waals surface area contributed by atoms with Gasteiger partial charge in [-0.25, -0.2) is 0 Å². The molecule has 0 fully saturated rings. The van der Waals surface area contributed by atoms with Crippen LogP contribution in [0.15, 0.2) is 35.0 Å². The number of hydrogen-bond donors (Lipinski definition) is 0. The number of carbonyl (C=O) groups is 1. The third-order valence-corrected chi connectivity index (χ3v) is 1.38. The zero-order valence-electron chi connectivity index (χ0n) is 6.25. The quantitative estimate of drug-likeness (QED) is 0.485. The van der Waals surface area contributed by atoms with Crippen LogP contribution in [0.5, 0.6) is 0 Å². The summed E-state index contributed by atoms with van der Waals surface area (Å²) in [6, 6.07) is 3.69. The fraction of sp³-hybridized carbons (Fsp3) is 0.222. The van der Waals surface area contributed by atoms with Crippen molar-refractivity contribution < 1.29 is 9.21 Å². The topological polar surface area (TPSA) is 30.2 Å². The molecule has 1 aromatic rings. The van der Waals surface area contributed by atoms with Gasteiger partial charge in [-0.05, 0) is 12.1 Å². The predicted octanol–water partition coefficient (Wildman–Crippen LogP) is 1.97. The molecule has 1 aromatic heterocycles. The van der Waals surface area contributed by atoms with Crippen molar-refractivity contribution in [2.45, 2.75) is 12.8 Å². The summed E-state index contributed by atoms with van der Waals surface area (Å²) in [6.45, 7) is 3.73. The average molecular weight is 150 g/mol. The fourth-order valence-corrected chi connectivity index (χ4v) is 0.850. The van der Waals surface area contributed by atoms with Crippen molar-refractivity contribution in [2.24, 2.45) is 0 Å². The third kappa shape index (κ3) is 2.42. The van der Waals surface area contributed by atoms with E-state index in [2.05, 4.69) is 6.58 Å². The first-order valence-electron chi connectivity index (χ1n) is 3.45. The Hall–Kier alpha value is -1.31. The molecule has 11 heavy (non-hydrogen) atoms. The van der Waals surface area contributed by atoms with Crippen LogP contribution in [0.1, 0.15) is 12.2 Å². The second-order valence-corrected chi connectivity index (χ2v) is 2.38. The highest BCUT2D eigenvalue weighted by atomic mass is 16.3. The monoisotopic (exact) mass is 150 g/mol. The second kappa shape index (κ2) is 3.76. The third-order valence-electron chi connectivity index (χ3n) is 1.38. The van der Waals surface area contributed by atoms with E-state index in [1.165, 1.54) is 0 Å². The van der Waals surface area contributed by atoms with E-state index in [9.17, 15) is 4.79 Å². The Morgan fingerprint density at radius 2 is 2.55 bits per heavy atom. The molecule has 1 rings (SSSR count). The minimum absolute atomic E-state index is 0.417. The zero-order valence-corrected chi connectivity index (χ0v) is 6.25. The number of hydrogen-bond acceptors (Lipinski definition) is 2. The Balaban J connectivity index is 2.43. The molecule has 58 valence electrons. The summed E-state index contributed by atoms with van der Waals surface area (Å²) in [6.07, 6.45) is 3.54. The number of aldehydes is 1. The SMILES string of the molecule is C=C(CC=O)Cc1ccco1. The highest BCUT2D eigenvalue weighted by molar-refractivity contribution is 5.54. The molecular formula is C9H10O2. The van der Waals surface area contributed by atoms with Gasteiger partial charge >= 0.3 is 0 Å². The molecule has 0 aliphatic rings. The number of furan rings is 1. The van der Waals surface area contributed by atoms with Crippen LogP contribution in [0, 0.1) is 0 Å². The Bertz CT molecular complexity index is 234. The van der Waals surface area contributed by atoms with Crippen molar-refractivity contribution in [3.8, 4) is 0 Å². The van der Waals surface area contributed by atoms with Crippen LogP contribution >= 0.6 is 0 Å². The first kappa shape index (κ1) is 7.79. The summed E-state index contributed by atoms with van der Waals surface area (Å²) >= 11 is 0. The molecule has 2 nitrogen and oxygen atoms in total. The van der Waals surface area contributed by atoms with E-state index in [1.807, 2.05) is 12.1 Å². The van der Waals surface area contributed by atoms with E-state index in [0.29, 0.717) is 12.8 Å². The molecule has 0 atom stereocenters. The standard InChI is InChI=1S/C9H10O2/c1-8(4-5-10)7-9-3-2-6-11-9/h2-3,5-6H,1,4,7H2. The van der Waals surface area contributed by atoms with Crippen LogP contribution < -0.4 is 0 Å². The molecule has 1 heterocycles. The summed E-state index contributed by atoms with van der Waals surface area (Å²) in [5, 5.41) is 0. The predicted molar refractivity (Wildman–Crippen MR) is 42.2 cm³/mol. The molecule has 0 N–H and O–H groups in total. The van der Waals surface area contributed by atoms with Crippen LogP contribution in [0.3, 0.4) is 0 Å². The molecular weight excluding hydrogens is 140 g/mol. The normalized spacial score (nSPS) is 9.45. The van der Waals surface area contributed by atoms with E-state index in [0.717, 1.165) is 17.6 Å². The van der Waals surface area contributed by atoms with Crippen molar-refractivity contribution in [3.63, 3.8) is 0 Å². The molecule has 0 saturated heterocycles. The first-order valence-corrected chi connectivity index (χ1v) is 3.45. The first-order chi connectivity index (χ1) is 5.33. The van der Waals surface area contributed by atoms with Crippen LogP contribution in [-0.2, 0) is 11.2 Å². The molecule has 0 aromatic carbocycles. The van der Waals surface area contributed by atoms with Gasteiger partial charge in [0.2, 0.25) is 0 Å². The minimum Gasteiger partial charge on any atom is -0.469 e. The van der Waals surface area contributed by atoms with Crippen LogP contribution in [-0.4, -0.2) is 6.29 Å². The molecule has 0 aliphatic heterocycles. The zero-order chi connectivity index (χ0) is 8.10. The Kier molecular flexibility index (Phi) is 2.66. The molecule has 0 radical (unpaired) electrons. The number of rotatable bonds is 4. The van der Waals surface area contributed by atoms with Gasteiger partial charge in [0.05, 0.1) is 6.26 Å². The van der Waals surface area contributed by atoms with Crippen molar-refractivity contribution in [2.75, 3.05) is 0 Å². The lowest BCUT2D eigenvalue weighted by Crippen LogP contribution is -1.87. The van der Waals surface area contributed by atoms with E-state index in [4.69, 9.17) is 4.42 Å². The second-order valence-electron chi connectivity index (χ2n) is 2.38. The maximum Gasteiger partial charge on any atom is 0.124 e. The smallest absolute Gasteiger partial charge is 0.124 e. The van der Waals surface area contributed by atoms with Gasteiger partial charge in [-0.3, -0.25) is 0 Å². The molecule has 0 saturated carbocycles. The molecule has 0 spiro atoms. The van der Waals surface area contributed by atoms with Gasteiger partial charge in [0, 0.05) is 12.8 Å². The van der Waals surface area contributed by atoms with Gasteiger partial charge in [0.25, 0.3) is 0 Å². The van der Waals surface area contributed by atoms with Gasteiger partial charge in [-0.1, -0.05) is 12.2 Å². The van der Waals surface area contributed by atoms with E-state index < -0.39 is 0 Å². The maximum absolute atomic E-state index is 10.1.